The third-order valence-corrected chi connectivity index (χ3v) is 6.96. The molecular weight excluding hydrogens is 338 g/mol. The molecule has 0 aliphatic carbocycles. The molecule has 0 saturated heterocycles. The van der Waals surface area contributed by atoms with E-state index >= 15 is 0 Å². The van der Waals surface area contributed by atoms with Gasteiger partial charge in [-0.3, -0.25) is 4.99 Å². The summed E-state index contributed by atoms with van der Waals surface area (Å²) in [6.07, 6.45) is 5.21. The van der Waals surface area contributed by atoms with Crippen molar-refractivity contribution < 1.29 is 0 Å². The second-order valence-corrected chi connectivity index (χ2v) is 9.91. The summed E-state index contributed by atoms with van der Waals surface area (Å²) in [5.74, 6) is 0. The molecule has 1 unspecified atom stereocenters. The highest BCUT2D eigenvalue weighted by Crippen LogP contribution is 2.44. The van der Waals surface area contributed by atoms with Crippen LogP contribution in [0.3, 0.4) is 0 Å². The first-order valence-corrected chi connectivity index (χ1v) is 10.5. The van der Waals surface area contributed by atoms with Gasteiger partial charge in [0.1, 0.15) is 0 Å². The van der Waals surface area contributed by atoms with E-state index in [9.17, 15) is 0 Å². The maximum atomic E-state index is 5.07. The first kappa shape index (κ1) is 20.6. The average molecular weight is 374 g/mol. The maximum Gasteiger partial charge on any atom is 0.0645 e. The van der Waals surface area contributed by atoms with E-state index in [1.165, 1.54) is 32.7 Å². The Bertz CT molecular complexity index is 1030. The molecule has 2 aromatic carbocycles. The molecule has 1 heteroatoms. The normalized spacial score (nSPS) is 24.6. The highest BCUT2D eigenvalue weighted by molar-refractivity contribution is 5.91. The first-order valence-electron chi connectivity index (χ1n) is 10.5. The molecule has 1 atom stereocenters. The van der Waals surface area contributed by atoms with Crippen molar-refractivity contribution in [2.24, 2.45) is 4.99 Å². The molecule has 3 rings (SSSR count). The van der Waals surface area contributed by atoms with E-state index in [1.54, 1.807) is 0 Å². The van der Waals surface area contributed by atoms with Gasteiger partial charge in [-0.05, 0) is 71.4 Å². The summed E-state index contributed by atoms with van der Waals surface area (Å²) in [4.78, 5) is 5.07. The predicted octanol–water partition coefficient (Wildman–Crippen LogP) is 5.51. The summed E-state index contributed by atoms with van der Waals surface area (Å²) < 4.78 is 0. The van der Waals surface area contributed by atoms with Crippen molar-refractivity contribution in [2.75, 3.05) is 0 Å². The average Bonchev–Trinajstić information content (AvgIpc) is 2.65. The summed E-state index contributed by atoms with van der Waals surface area (Å²) in [5.41, 5.74) is 5.33. The summed E-state index contributed by atoms with van der Waals surface area (Å²) in [7, 11) is 0. The Morgan fingerprint density at radius 2 is 1.64 bits per heavy atom. The number of aliphatic imine (C=N–C) groups is 1. The number of hydrogen-bond donors (Lipinski definition) is 0. The lowest BCUT2D eigenvalue weighted by atomic mass is 9.64. The van der Waals surface area contributed by atoms with Crippen LogP contribution in [0.15, 0.2) is 47.5 Å². The van der Waals surface area contributed by atoms with Crippen molar-refractivity contribution in [3.63, 3.8) is 0 Å². The molecule has 0 N–H and O–H groups in total. The van der Waals surface area contributed by atoms with Gasteiger partial charge < -0.3 is 0 Å². The van der Waals surface area contributed by atoms with Gasteiger partial charge in [0, 0.05) is 11.6 Å². The van der Waals surface area contributed by atoms with Crippen LogP contribution in [0.4, 0.5) is 0 Å². The summed E-state index contributed by atoms with van der Waals surface area (Å²) >= 11 is 0. The van der Waals surface area contributed by atoms with Gasteiger partial charge in [-0.25, -0.2) is 0 Å². The molecule has 2 aromatic rings. The standard InChI is InChI=1S/C27H35N/c1-9-27(8)24-18-21(25(3,4)5)14-15-23(24)19(2)22-13-11-10-12-20(22)16-17-28-26(27,6)7/h10-18H,9H2,1-8H3/b20-16-,22-19+,28-17?. The number of rotatable bonds is 1. The summed E-state index contributed by atoms with van der Waals surface area (Å²) in [5, 5.41) is 2.52. The number of benzene rings is 2. The van der Waals surface area contributed by atoms with Gasteiger partial charge in [0.05, 0.1) is 5.54 Å². The minimum absolute atomic E-state index is 0.0680. The topological polar surface area (TPSA) is 12.4 Å². The number of hydrogen-bond acceptors (Lipinski definition) is 1. The van der Waals surface area contributed by atoms with Crippen LogP contribution in [0.5, 0.6) is 0 Å². The molecule has 0 radical (unpaired) electrons. The van der Waals surface area contributed by atoms with Crippen molar-refractivity contribution >= 4 is 17.9 Å². The molecule has 1 heterocycles. The summed E-state index contributed by atoms with van der Waals surface area (Å²) in [6.45, 7) is 18.4. The molecule has 0 spiro atoms. The zero-order valence-corrected chi connectivity index (χ0v) is 18.9. The van der Waals surface area contributed by atoms with E-state index in [1.807, 2.05) is 6.21 Å². The van der Waals surface area contributed by atoms with Gasteiger partial charge in [-0.15, -0.1) is 0 Å². The van der Waals surface area contributed by atoms with Crippen molar-refractivity contribution in [3.05, 3.63) is 69.6 Å². The molecule has 1 nitrogen and oxygen atoms in total. The SMILES string of the molecule is CCC1(C)c2cc(C(C)(C)C)ccc2/C(C)=c2\cccc\c2=C\C=NC1(C)C. The fourth-order valence-electron chi connectivity index (χ4n) is 4.32. The number of fused-ring (bicyclic) bond motifs is 2. The van der Waals surface area contributed by atoms with Gasteiger partial charge in [0.2, 0.25) is 0 Å². The van der Waals surface area contributed by atoms with Gasteiger partial charge in [-0.2, -0.15) is 0 Å². The monoisotopic (exact) mass is 373 g/mol. The van der Waals surface area contributed by atoms with Crippen LogP contribution in [0.25, 0.3) is 11.6 Å². The Morgan fingerprint density at radius 1 is 0.964 bits per heavy atom. The van der Waals surface area contributed by atoms with Crippen molar-refractivity contribution in [2.45, 2.75) is 78.2 Å². The highest BCUT2D eigenvalue weighted by Gasteiger charge is 2.42. The molecule has 1 aliphatic rings. The molecular formula is C27H35N. The van der Waals surface area contributed by atoms with Gasteiger partial charge in [-0.1, -0.05) is 77.1 Å². The zero-order valence-electron chi connectivity index (χ0n) is 18.9. The zero-order chi connectivity index (χ0) is 20.7. The predicted molar refractivity (Wildman–Crippen MR) is 124 cm³/mol. The van der Waals surface area contributed by atoms with E-state index in [2.05, 4.69) is 104 Å². The van der Waals surface area contributed by atoms with Crippen LogP contribution >= 0.6 is 0 Å². The van der Waals surface area contributed by atoms with Crippen LogP contribution in [-0.4, -0.2) is 11.8 Å². The lowest BCUT2D eigenvalue weighted by molar-refractivity contribution is 0.273. The Morgan fingerprint density at radius 3 is 2.29 bits per heavy atom. The largest absolute Gasteiger partial charge is 0.286 e. The smallest absolute Gasteiger partial charge is 0.0645 e. The molecule has 0 amide bonds. The Labute approximate surface area is 170 Å². The summed E-state index contributed by atoms with van der Waals surface area (Å²) in [6, 6.07) is 15.8. The van der Waals surface area contributed by atoms with E-state index in [0.717, 1.165) is 6.42 Å². The van der Waals surface area contributed by atoms with Crippen molar-refractivity contribution in [3.8, 4) is 0 Å². The molecule has 0 bridgehead atoms. The minimum Gasteiger partial charge on any atom is -0.286 e. The van der Waals surface area contributed by atoms with Crippen LogP contribution < -0.4 is 10.4 Å². The van der Waals surface area contributed by atoms with Gasteiger partial charge >= 0.3 is 0 Å². The molecule has 28 heavy (non-hydrogen) atoms. The van der Waals surface area contributed by atoms with E-state index < -0.39 is 0 Å². The third kappa shape index (κ3) is 3.36. The van der Waals surface area contributed by atoms with Gasteiger partial charge in [0.15, 0.2) is 0 Å². The second-order valence-electron chi connectivity index (χ2n) is 9.91. The lowest BCUT2D eigenvalue weighted by Gasteiger charge is -2.43. The van der Waals surface area contributed by atoms with E-state index in [0.29, 0.717) is 0 Å². The van der Waals surface area contributed by atoms with Crippen molar-refractivity contribution in [1.82, 2.24) is 0 Å². The van der Waals surface area contributed by atoms with Crippen LogP contribution in [-0.2, 0) is 10.8 Å². The minimum atomic E-state index is -0.212. The molecule has 148 valence electrons. The van der Waals surface area contributed by atoms with Crippen LogP contribution in [0.1, 0.15) is 78.5 Å². The fourth-order valence-corrected chi connectivity index (χ4v) is 4.32. The molecule has 0 fully saturated rings. The Hall–Kier alpha value is -2.15. The highest BCUT2D eigenvalue weighted by atomic mass is 14.9. The molecule has 0 saturated carbocycles. The lowest BCUT2D eigenvalue weighted by Crippen LogP contribution is -2.44. The van der Waals surface area contributed by atoms with Gasteiger partial charge in [0.25, 0.3) is 0 Å². The van der Waals surface area contributed by atoms with Crippen LogP contribution in [0, 0.1) is 0 Å². The van der Waals surface area contributed by atoms with E-state index in [4.69, 9.17) is 4.99 Å². The maximum absolute atomic E-state index is 5.07. The Balaban J connectivity index is 2.52. The quantitative estimate of drug-likeness (QED) is 0.624. The van der Waals surface area contributed by atoms with Crippen molar-refractivity contribution in [1.29, 1.82) is 0 Å². The Kier molecular flexibility index (Phi) is 5.17. The molecule has 0 aromatic heterocycles. The third-order valence-electron chi connectivity index (χ3n) is 6.96. The van der Waals surface area contributed by atoms with Crippen LogP contribution in [0.2, 0.25) is 0 Å². The fraction of sp³-hybridized carbons (Fsp3) is 0.444. The van der Waals surface area contributed by atoms with E-state index in [-0.39, 0.29) is 16.4 Å². The molecule has 1 aliphatic heterocycles. The second kappa shape index (κ2) is 7.03. The number of nitrogens with zero attached hydrogens (tertiary/aromatic N) is 1. The first-order chi connectivity index (χ1) is 13.0.